The van der Waals surface area contributed by atoms with Crippen LogP contribution in [0.5, 0.6) is 5.75 Å². The van der Waals surface area contributed by atoms with E-state index in [-0.39, 0.29) is 38.3 Å². The number of nitrogens with zero attached hydrogens (tertiary/aromatic N) is 2. The molecule has 2 aliphatic carbocycles. The van der Waals surface area contributed by atoms with Gasteiger partial charge in [-0.15, -0.1) is 15.8 Å². The van der Waals surface area contributed by atoms with Gasteiger partial charge in [-0.2, -0.15) is 0 Å². The quantitative estimate of drug-likeness (QED) is 0.159. The summed E-state index contributed by atoms with van der Waals surface area (Å²) in [7, 11) is 11.0. The van der Waals surface area contributed by atoms with Crippen LogP contribution in [0.25, 0.3) is 0 Å². The molecule has 0 radical (unpaired) electrons. The molecule has 0 amide bonds. The van der Waals surface area contributed by atoms with E-state index in [9.17, 15) is 0 Å². The van der Waals surface area contributed by atoms with E-state index in [4.69, 9.17) is 4.74 Å². The third kappa shape index (κ3) is 12.9. The fourth-order valence-corrected chi connectivity index (χ4v) is 12.4. The Morgan fingerprint density at radius 2 is 0.980 bits per heavy atom. The largest absolute Gasteiger partial charge is 0.496 e. The standard InChI is InChI=1S/2C16H26NP.C13H20O.Fe/c2*1-17(2)16(13-9-6-5-7-10-13)14-11-8-12-15(14)18(3)4;1-9-7-11(13(3,4)5)8-10(2)12(9)14-6;/h2*5-7,9-10,14-16H,8,11-12H2,1-4H3;7-8H,1-6H3;/t2*14?,15?,16-;;/m11../s1. The van der Waals surface area contributed by atoms with Crippen molar-refractivity contribution < 1.29 is 21.8 Å². The Bertz CT molecular complexity index is 1310. The Kier molecular flexibility index (Phi) is 19.4. The third-order valence-corrected chi connectivity index (χ3v) is 15.1. The van der Waals surface area contributed by atoms with Crippen molar-refractivity contribution in [1.82, 2.24) is 9.80 Å². The molecule has 6 heteroatoms. The minimum atomic E-state index is 0. The maximum Gasteiger partial charge on any atom is 0.124 e. The molecule has 0 spiro atoms. The van der Waals surface area contributed by atoms with Gasteiger partial charge in [-0.1, -0.05) is 106 Å². The average Bonchev–Trinajstić information content (AvgIpc) is 3.73. The second-order valence-corrected chi connectivity index (χ2v) is 22.0. The van der Waals surface area contributed by atoms with Crippen LogP contribution in [0.1, 0.15) is 99.2 Å². The molecule has 3 aromatic carbocycles. The van der Waals surface area contributed by atoms with Crippen molar-refractivity contribution >= 4 is 15.8 Å². The predicted octanol–water partition coefficient (Wildman–Crippen LogP) is 12.0. The van der Waals surface area contributed by atoms with Crippen molar-refractivity contribution in [3.8, 4) is 5.75 Å². The average molecular weight is 775 g/mol. The van der Waals surface area contributed by atoms with Crippen LogP contribution >= 0.6 is 15.8 Å². The minimum absolute atomic E-state index is 0. The molecule has 51 heavy (non-hydrogen) atoms. The number of rotatable bonds is 9. The summed E-state index contributed by atoms with van der Waals surface area (Å²) in [5, 5.41) is 0. The summed E-state index contributed by atoms with van der Waals surface area (Å²) in [6.45, 7) is 20.7. The molecular weight excluding hydrogens is 702 g/mol. The molecule has 3 aromatic rings. The van der Waals surface area contributed by atoms with Gasteiger partial charge in [0.15, 0.2) is 0 Å². The molecule has 3 nitrogen and oxygen atoms in total. The molecular formula is C45H72FeN2OP2. The van der Waals surface area contributed by atoms with E-state index < -0.39 is 0 Å². The van der Waals surface area contributed by atoms with Gasteiger partial charge in [-0.25, -0.2) is 0 Å². The van der Waals surface area contributed by atoms with Gasteiger partial charge in [0.1, 0.15) is 5.75 Å². The summed E-state index contributed by atoms with van der Waals surface area (Å²) < 4.78 is 5.34. The zero-order chi connectivity index (χ0) is 37.2. The zero-order valence-corrected chi connectivity index (χ0v) is 37.6. The Morgan fingerprint density at radius 1 is 0.627 bits per heavy atom. The molecule has 0 saturated heterocycles. The van der Waals surface area contributed by atoms with Crippen LogP contribution in [0.4, 0.5) is 0 Å². The van der Waals surface area contributed by atoms with Crippen LogP contribution in [0.2, 0.25) is 0 Å². The smallest absolute Gasteiger partial charge is 0.124 e. The minimum Gasteiger partial charge on any atom is -0.496 e. The van der Waals surface area contributed by atoms with Crippen molar-refractivity contribution in [1.29, 1.82) is 0 Å². The first kappa shape index (κ1) is 45.9. The number of methoxy groups -OCH3 is 1. The van der Waals surface area contributed by atoms with Crippen LogP contribution in [-0.2, 0) is 22.5 Å². The molecule has 286 valence electrons. The van der Waals surface area contributed by atoms with Crippen LogP contribution in [-0.4, -0.2) is 83.1 Å². The Hall–Kier alpha value is -1.24. The molecule has 2 aliphatic rings. The van der Waals surface area contributed by atoms with E-state index in [1.807, 2.05) is 0 Å². The fraction of sp³-hybridized carbons (Fsp3) is 0.600. The summed E-state index contributed by atoms with van der Waals surface area (Å²) in [6, 6.07) is 27.8. The summed E-state index contributed by atoms with van der Waals surface area (Å²) in [5.74, 6) is 2.71. The van der Waals surface area contributed by atoms with E-state index in [0.717, 1.165) is 28.9 Å². The number of ether oxygens (including phenoxy) is 1. The molecule has 2 saturated carbocycles. The number of hydrogen-bond donors (Lipinski definition) is 0. The van der Waals surface area contributed by atoms with Crippen molar-refractivity contribution in [2.24, 2.45) is 11.8 Å². The van der Waals surface area contributed by atoms with Crippen LogP contribution in [0.15, 0.2) is 72.8 Å². The summed E-state index contributed by atoms with van der Waals surface area (Å²) in [5.41, 5.74) is 8.91. The van der Waals surface area contributed by atoms with Gasteiger partial charge in [-0.05, 0) is 151 Å². The van der Waals surface area contributed by atoms with Crippen molar-refractivity contribution in [2.45, 2.75) is 102 Å². The second-order valence-electron chi connectivity index (χ2n) is 16.8. The molecule has 0 aliphatic heterocycles. The topological polar surface area (TPSA) is 15.7 Å². The van der Waals surface area contributed by atoms with Gasteiger partial charge in [0.2, 0.25) is 0 Å². The molecule has 0 heterocycles. The van der Waals surface area contributed by atoms with Crippen LogP contribution in [0.3, 0.4) is 0 Å². The zero-order valence-electron chi connectivity index (χ0n) is 34.7. The summed E-state index contributed by atoms with van der Waals surface area (Å²) in [4.78, 5) is 4.86. The molecule has 0 bridgehead atoms. The molecule has 5 rings (SSSR count). The number of benzene rings is 3. The third-order valence-electron chi connectivity index (χ3n) is 11.1. The SMILES string of the molecule is CN(C)[C@H](c1ccccc1)C1CCCC1P(C)C.CN(C)[C@H](c1ccccc1)C1CCCC1P(C)C.COc1c(C)cc(C(C)(C)C)cc1C.[Fe]. The van der Waals surface area contributed by atoms with E-state index in [0.29, 0.717) is 12.1 Å². The van der Waals surface area contributed by atoms with Crippen molar-refractivity contribution in [3.63, 3.8) is 0 Å². The summed E-state index contributed by atoms with van der Waals surface area (Å²) in [6.07, 6.45) is 8.55. The van der Waals surface area contributed by atoms with Gasteiger partial charge >= 0.3 is 0 Å². The number of hydrogen-bond acceptors (Lipinski definition) is 3. The Morgan fingerprint density at radius 3 is 1.25 bits per heavy atom. The number of aryl methyl sites for hydroxylation is 2. The normalized spacial score (nSPS) is 21.5. The maximum atomic E-state index is 5.34. The second kappa shape index (κ2) is 21.6. The predicted molar refractivity (Wildman–Crippen MR) is 227 cm³/mol. The van der Waals surface area contributed by atoms with Gasteiger partial charge in [0.25, 0.3) is 0 Å². The molecule has 0 aromatic heterocycles. The van der Waals surface area contributed by atoms with Gasteiger partial charge < -0.3 is 14.5 Å². The van der Waals surface area contributed by atoms with E-state index in [2.05, 4.69) is 172 Å². The van der Waals surface area contributed by atoms with E-state index in [1.54, 1.807) is 7.11 Å². The molecule has 4 unspecified atom stereocenters. The van der Waals surface area contributed by atoms with E-state index in [1.165, 1.54) is 66.3 Å². The monoisotopic (exact) mass is 774 g/mol. The first-order chi connectivity index (χ1) is 23.6. The van der Waals surface area contributed by atoms with Gasteiger partial charge in [-0.3, -0.25) is 0 Å². The molecule has 2 fully saturated rings. The first-order valence-electron chi connectivity index (χ1n) is 19.0. The first-order valence-corrected chi connectivity index (χ1v) is 23.6. The van der Waals surface area contributed by atoms with Crippen LogP contribution < -0.4 is 4.74 Å². The van der Waals surface area contributed by atoms with Gasteiger partial charge in [0, 0.05) is 29.2 Å². The Balaban J connectivity index is 0.000000265. The van der Waals surface area contributed by atoms with Crippen molar-refractivity contribution in [3.05, 3.63) is 101 Å². The van der Waals surface area contributed by atoms with E-state index >= 15 is 0 Å². The van der Waals surface area contributed by atoms with Crippen molar-refractivity contribution in [2.75, 3.05) is 62.0 Å². The fourth-order valence-electron chi connectivity index (χ4n) is 8.82. The van der Waals surface area contributed by atoms with Crippen LogP contribution in [0, 0.1) is 25.7 Å². The molecule has 0 N–H and O–H groups in total. The molecule has 6 atom stereocenters. The Labute approximate surface area is 328 Å². The van der Waals surface area contributed by atoms with Gasteiger partial charge in [0.05, 0.1) is 7.11 Å². The maximum absolute atomic E-state index is 5.34. The summed E-state index contributed by atoms with van der Waals surface area (Å²) >= 11 is 0.